The Morgan fingerprint density at radius 3 is 2.62 bits per heavy atom. The molecule has 0 amide bonds. The number of hydrogen-bond donors (Lipinski definition) is 0. The summed E-state index contributed by atoms with van der Waals surface area (Å²) in [6.07, 6.45) is 5.54. The molecule has 0 radical (unpaired) electrons. The van der Waals surface area contributed by atoms with Crippen LogP contribution in [0, 0.1) is 0 Å². The molecule has 0 unspecified atom stereocenters. The molecule has 2 heterocycles. The highest BCUT2D eigenvalue weighted by Crippen LogP contribution is 2.28. The summed E-state index contributed by atoms with van der Waals surface area (Å²) < 4.78 is 10.8. The van der Waals surface area contributed by atoms with Crippen molar-refractivity contribution in [2.75, 3.05) is 38.2 Å². The summed E-state index contributed by atoms with van der Waals surface area (Å²) in [4.78, 5) is 2.34. The Hall–Kier alpha value is -2.69. The van der Waals surface area contributed by atoms with E-state index in [4.69, 9.17) is 9.15 Å². The summed E-state index contributed by atoms with van der Waals surface area (Å²) in [5.74, 6) is 1.77. The molecule has 1 aliphatic heterocycles. The van der Waals surface area contributed by atoms with Crippen molar-refractivity contribution < 1.29 is 9.15 Å². The Balaban J connectivity index is 1.56. The lowest BCUT2D eigenvalue weighted by Crippen LogP contribution is -2.44. The molecule has 24 heavy (non-hydrogen) atoms. The van der Waals surface area contributed by atoms with E-state index in [0.29, 0.717) is 0 Å². The van der Waals surface area contributed by atoms with Crippen molar-refractivity contribution in [1.29, 1.82) is 0 Å². The second-order valence-electron chi connectivity index (χ2n) is 5.76. The molecule has 1 fully saturated rings. The van der Waals surface area contributed by atoms with E-state index in [9.17, 15) is 0 Å². The predicted octanol–water partition coefficient (Wildman–Crippen LogP) is 3.50. The number of benzene rings is 1. The van der Waals surface area contributed by atoms with Crippen LogP contribution in [0.25, 0.3) is 6.08 Å². The van der Waals surface area contributed by atoms with E-state index in [1.807, 2.05) is 49.5 Å². The molecule has 1 aromatic heterocycles. The normalized spacial score (nSPS) is 16.0. The van der Waals surface area contributed by atoms with Crippen LogP contribution in [0.3, 0.4) is 0 Å². The number of anilines is 1. The fourth-order valence-corrected chi connectivity index (χ4v) is 2.75. The van der Waals surface area contributed by atoms with Gasteiger partial charge in [0.05, 0.1) is 38.4 Å². The van der Waals surface area contributed by atoms with Crippen LogP contribution in [-0.2, 0) is 0 Å². The van der Waals surface area contributed by atoms with E-state index in [0.717, 1.165) is 48.9 Å². The van der Waals surface area contributed by atoms with Gasteiger partial charge in [-0.15, -0.1) is 0 Å². The minimum absolute atomic E-state index is 0.847. The number of methoxy groups -OCH3 is 1. The maximum absolute atomic E-state index is 5.45. The average Bonchev–Trinajstić information content (AvgIpc) is 3.13. The highest BCUT2D eigenvalue weighted by Gasteiger charge is 2.18. The van der Waals surface area contributed by atoms with Gasteiger partial charge in [-0.05, 0) is 42.8 Å². The van der Waals surface area contributed by atoms with Gasteiger partial charge in [0.25, 0.3) is 0 Å². The molecule has 126 valence electrons. The number of allylic oxidation sites excluding steroid dienone is 1. The lowest BCUT2D eigenvalue weighted by Gasteiger charge is -2.35. The number of furan rings is 1. The highest BCUT2D eigenvalue weighted by molar-refractivity contribution is 5.83. The molecule has 1 aliphatic rings. The Bertz CT molecular complexity index is 699. The second-order valence-corrected chi connectivity index (χ2v) is 5.76. The average molecular weight is 325 g/mol. The maximum Gasteiger partial charge on any atom is 0.142 e. The SMILES string of the molecule is COc1ccccc1N1CCN(/N=C\C(C)=C\c2ccco2)CC1. The summed E-state index contributed by atoms with van der Waals surface area (Å²) >= 11 is 0. The Kier molecular flexibility index (Phi) is 5.21. The number of ether oxygens (including phenoxy) is 1. The first-order valence-electron chi connectivity index (χ1n) is 8.15. The number of para-hydroxylation sites is 2. The van der Waals surface area contributed by atoms with E-state index in [2.05, 4.69) is 21.1 Å². The summed E-state index contributed by atoms with van der Waals surface area (Å²) in [6.45, 7) is 5.67. The zero-order valence-electron chi connectivity index (χ0n) is 14.2. The van der Waals surface area contributed by atoms with E-state index >= 15 is 0 Å². The van der Waals surface area contributed by atoms with Crippen LogP contribution >= 0.6 is 0 Å². The summed E-state index contributed by atoms with van der Waals surface area (Å²) in [7, 11) is 1.72. The van der Waals surface area contributed by atoms with E-state index in [-0.39, 0.29) is 0 Å². The third-order valence-corrected chi connectivity index (χ3v) is 4.02. The van der Waals surface area contributed by atoms with Crippen LogP contribution in [0.4, 0.5) is 5.69 Å². The van der Waals surface area contributed by atoms with Gasteiger partial charge >= 0.3 is 0 Å². The monoisotopic (exact) mass is 325 g/mol. The Labute approximate surface area is 142 Å². The first-order chi connectivity index (χ1) is 11.8. The van der Waals surface area contributed by atoms with Crippen LogP contribution in [0.2, 0.25) is 0 Å². The van der Waals surface area contributed by atoms with Gasteiger partial charge in [0.2, 0.25) is 0 Å². The van der Waals surface area contributed by atoms with Gasteiger partial charge in [-0.25, -0.2) is 0 Å². The van der Waals surface area contributed by atoms with Gasteiger partial charge in [-0.1, -0.05) is 12.1 Å². The molecular formula is C19H23N3O2. The fraction of sp³-hybridized carbons (Fsp3) is 0.316. The largest absolute Gasteiger partial charge is 0.495 e. The molecule has 0 N–H and O–H groups in total. The smallest absolute Gasteiger partial charge is 0.142 e. The molecule has 0 spiro atoms. The highest BCUT2D eigenvalue weighted by atomic mass is 16.5. The molecule has 1 saturated heterocycles. The van der Waals surface area contributed by atoms with Crippen LogP contribution in [-0.4, -0.2) is 44.5 Å². The molecule has 5 heteroatoms. The number of hydrogen-bond acceptors (Lipinski definition) is 5. The molecule has 0 saturated carbocycles. The molecular weight excluding hydrogens is 302 g/mol. The Morgan fingerprint density at radius 2 is 1.92 bits per heavy atom. The third-order valence-electron chi connectivity index (χ3n) is 4.02. The van der Waals surface area contributed by atoms with Gasteiger partial charge in [0.1, 0.15) is 11.5 Å². The standard InChI is InChI=1S/C19H23N3O2/c1-16(14-17-6-5-13-24-17)15-20-22-11-9-21(10-12-22)18-7-3-4-8-19(18)23-2/h3-8,13-15H,9-12H2,1-2H3/b16-14+,20-15-. The van der Waals surface area contributed by atoms with Crippen molar-refractivity contribution in [2.45, 2.75) is 6.92 Å². The molecule has 3 rings (SSSR count). The van der Waals surface area contributed by atoms with Gasteiger partial charge in [0.15, 0.2) is 0 Å². The molecule has 0 atom stereocenters. The van der Waals surface area contributed by atoms with Crippen molar-refractivity contribution >= 4 is 18.0 Å². The molecule has 5 nitrogen and oxygen atoms in total. The Morgan fingerprint density at radius 1 is 1.12 bits per heavy atom. The predicted molar refractivity (Wildman–Crippen MR) is 97.6 cm³/mol. The van der Waals surface area contributed by atoms with Gasteiger partial charge in [-0.3, -0.25) is 5.01 Å². The zero-order chi connectivity index (χ0) is 16.8. The van der Waals surface area contributed by atoms with Crippen LogP contribution < -0.4 is 9.64 Å². The van der Waals surface area contributed by atoms with Crippen molar-refractivity contribution in [1.82, 2.24) is 5.01 Å². The number of rotatable bonds is 5. The summed E-state index contributed by atoms with van der Waals surface area (Å²) in [5.41, 5.74) is 2.22. The second kappa shape index (κ2) is 7.73. The number of piperazine rings is 1. The van der Waals surface area contributed by atoms with Crippen LogP contribution in [0.5, 0.6) is 5.75 Å². The van der Waals surface area contributed by atoms with Crippen molar-refractivity contribution in [3.63, 3.8) is 0 Å². The lowest BCUT2D eigenvalue weighted by atomic mass is 10.2. The fourth-order valence-electron chi connectivity index (χ4n) is 2.75. The van der Waals surface area contributed by atoms with Crippen molar-refractivity contribution in [3.8, 4) is 5.75 Å². The number of nitrogens with zero attached hydrogens (tertiary/aromatic N) is 3. The molecule has 0 aliphatic carbocycles. The minimum atomic E-state index is 0.847. The van der Waals surface area contributed by atoms with Gasteiger partial charge in [0, 0.05) is 13.1 Å². The van der Waals surface area contributed by atoms with Crippen LogP contribution in [0.1, 0.15) is 12.7 Å². The summed E-state index contributed by atoms with van der Waals surface area (Å²) in [5, 5.41) is 6.68. The van der Waals surface area contributed by atoms with Crippen molar-refractivity contribution in [3.05, 3.63) is 54.0 Å². The topological polar surface area (TPSA) is 41.2 Å². The molecule has 1 aromatic carbocycles. The van der Waals surface area contributed by atoms with Gasteiger partial charge < -0.3 is 14.1 Å². The molecule has 0 bridgehead atoms. The third kappa shape index (κ3) is 3.98. The van der Waals surface area contributed by atoms with E-state index < -0.39 is 0 Å². The quantitative estimate of drug-likeness (QED) is 0.789. The number of hydrazone groups is 1. The van der Waals surface area contributed by atoms with E-state index in [1.54, 1.807) is 13.4 Å². The first kappa shape index (κ1) is 16.2. The van der Waals surface area contributed by atoms with Crippen LogP contribution in [0.15, 0.2) is 57.8 Å². The maximum atomic E-state index is 5.45. The minimum Gasteiger partial charge on any atom is -0.495 e. The summed E-state index contributed by atoms with van der Waals surface area (Å²) in [6, 6.07) is 12.0. The van der Waals surface area contributed by atoms with Gasteiger partial charge in [-0.2, -0.15) is 5.10 Å². The lowest BCUT2D eigenvalue weighted by molar-refractivity contribution is 0.271. The van der Waals surface area contributed by atoms with Crippen molar-refractivity contribution in [2.24, 2.45) is 5.10 Å². The molecule has 2 aromatic rings. The first-order valence-corrected chi connectivity index (χ1v) is 8.15. The zero-order valence-corrected chi connectivity index (χ0v) is 14.2. The van der Waals surface area contributed by atoms with E-state index in [1.165, 1.54) is 0 Å².